The fraction of sp³-hybridized carbons (Fsp3) is 0.231. The predicted molar refractivity (Wildman–Crippen MR) is 130 cm³/mol. The number of hydrogen-bond acceptors (Lipinski definition) is 8. The van der Waals surface area contributed by atoms with E-state index in [1.807, 2.05) is 0 Å². The Bertz CT molecular complexity index is 1690. The Balaban J connectivity index is 2.18. The number of carbonyl (C=O) groups is 2. The molecule has 0 saturated carbocycles. The molecular weight excluding hydrogens is 470 g/mol. The van der Waals surface area contributed by atoms with Crippen molar-refractivity contribution in [2.45, 2.75) is 26.2 Å². The Morgan fingerprint density at radius 3 is 2.42 bits per heavy atom. The number of phenols is 2. The minimum atomic E-state index is -1.33. The highest BCUT2D eigenvalue weighted by atomic mass is 16.5. The van der Waals surface area contributed by atoms with Gasteiger partial charge in [0, 0.05) is 36.2 Å². The zero-order valence-electron chi connectivity index (χ0n) is 19.9. The Morgan fingerprint density at radius 2 is 1.81 bits per heavy atom. The molecule has 0 aliphatic rings. The highest BCUT2D eigenvalue weighted by molar-refractivity contribution is 6.07. The fourth-order valence-electron chi connectivity index (χ4n) is 4.62. The van der Waals surface area contributed by atoms with Crippen molar-refractivity contribution in [1.29, 1.82) is 0 Å². The normalized spacial score (nSPS) is 12.1. The Kier molecular flexibility index (Phi) is 6.05. The third kappa shape index (κ3) is 3.86. The predicted octanol–water partition coefficient (Wildman–Crippen LogP) is 3.18. The van der Waals surface area contributed by atoms with Crippen LogP contribution in [0.4, 0.5) is 0 Å². The molecule has 0 spiro atoms. The molecule has 10 nitrogen and oxygen atoms in total. The largest absolute Gasteiger partial charge is 0.507 e. The number of ketones is 1. The van der Waals surface area contributed by atoms with E-state index >= 15 is 0 Å². The number of Topliss-reactive ketones (excluding diaryl/α,β-unsaturated/α-hetero) is 1. The van der Waals surface area contributed by atoms with Crippen LogP contribution in [-0.4, -0.2) is 38.7 Å². The van der Waals surface area contributed by atoms with Gasteiger partial charge in [-0.2, -0.15) is 0 Å². The molecule has 0 amide bonds. The Morgan fingerprint density at radius 1 is 1.11 bits per heavy atom. The molecular formula is C26H23NO9. The van der Waals surface area contributed by atoms with Crippen LogP contribution in [-0.2, 0) is 11.8 Å². The summed E-state index contributed by atoms with van der Waals surface area (Å²) in [6.45, 7) is 2.62. The van der Waals surface area contributed by atoms with Gasteiger partial charge < -0.3 is 29.0 Å². The monoisotopic (exact) mass is 493 g/mol. The molecule has 2 aromatic heterocycles. The van der Waals surface area contributed by atoms with Crippen LogP contribution in [0.1, 0.15) is 46.3 Å². The van der Waals surface area contributed by atoms with E-state index in [0.717, 1.165) is 13.0 Å². The topological polar surface area (TPSA) is 156 Å². The summed E-state index contributed by atoms with van der Waals surface area (Å²) in [5, 5.41) is 32.2. The number of hydrogen-bond donors (Lipinski definition) is 3. The molecule has 36 heavy (non-hydrogen) atoms. The molecule has 0 aliphatic carbocycles. The molecule has 0 aliphatic heterocycles. The molecule has 0 bridgehead atoms. The maximum absolute atomic E-state index is 13.5. The minimum Gasteiger partial charge on any atom is -0.507 e. The van der Waals surface area contributed by atoms with Crippen LogP contribution in [0.5, 0.6) is 17.2 Å². The van der Waals surface area contributed by atoms with Gasteiger partial charge in [-0.3, -0.25) is 14.4 Å². The molecule has 1 atom stereocenters. The van der Waals surface area contributed by atoms with Crippen molar-refractivity contribution < 1.29 is 34.1 Å². The van der Waals surface area contributed by atoms with E-state index in [0.29, 0.717) is 16.7 Å². The van der Waals surface area contributed by atoms with Gasteiger partial charge in [0.15, 0.2) is 5.78 Å². The van der Waals surface area contributed by atoms with Gasteiger partial charge in [-0.25, -0.2) is 4.79 Å². The van der Waals surface area contributed by atoms with Gasteiger partial charge in [0.25, 0.3) is 5.56 Å². The molecule has 2 heterocycles. The number of carboxylic acid groups (broad SMARTS) is 1. The molecule has 0 radical (unpaired) electrons. The molecule has 186 valence electrons. The first-order chi connectivity index (χ1) is 17.0. The van der Waals surface area contributed by atoms with E-state index in [9.17, 15) is 34.5 Å². The number of carbonyl (C=O) groups excluding carboxylic acids is 1. The number of pyridine rings is 1. The quantitative estimate of drug-likeness (QED) is 0.271. The lowest BCUT2D eigenvalue weighted by Gasteiger charge is -2.22. The summed E-state index contributed by atoms with van der Waals surface area (Å²) in [5.41, 5.74) is -1.65. The smallest absolute Gasteiger partial charge is 0.336 e. The van der Waals surface area contributed by atoms with Crippen LogP contribution in [0.2, 0.25) is 0 Å². The van der Waals surface area contributed by atoms with E-state index in [2.05, 4.69) is 0 Å². The number of ether oxygens (including phenoxy) is 1. The third-order valence-electron chi connectivity index (χ3n) is 6.28. The van der Waals surface area contributed by atoms with Gasteiger partial charge in [-0.15, -0.1) is 0 Å². The number of benzene rings is 2. The lowest BCUT2D eigenvalue weighted by Crippen LogP contribution is -2.25. The number of rotatable bonds is 6. The molecule has 1 unspecified atom stereocenters. The molecule has 3 N–H and O–H groups in total. The lowest BCUT2D eigenvalue weighted by molar-refractivity contribution is -0.137. The number of aromatic nitrogens is 1. The van der Waals surface area contributed by atoms with Crippen molar-refractivity contribution in [3.63, 3.8) is 0 Å². The van der Waals surface area contributed by atoms with Crippen molar-refractivity contribution in [3.8, 4) is 17.2 Å². The number of methoxy groups -OCH3 is 1. The summed E-state index contributed by atoms with van der Waals surface area (Å²) in [7, 11) is 2.99. The van der Waals surface area contributed by atoms with Crippen LogP contribution in [0, 0.1) is 6.92 Å². The number of aromatic hydroxyl groups is 2. The number of phenolic OH excluding ortho intramolecular Hbond substituents is 2. The Hall–Kier alpha value is -4.60. The van der Waals surface area contributed by atoms with Crippen LogP contribution in [0.3, 0.4) is 0 Å². The first-order valence-corrected chi connectivity index (χ1v) is 10.9. The molecule has 2 aromatic carbocycles. The Labute approximate surface area is 203 Å². The highest BCUT2D eigenvalue weighted by Crippen LogP contribution is 2.46. The van der Waals surface area contributed by atoms with Gasteiger partial charge in [0.05, 0.1) is 24.4 Å². The maximum atomic E-state index is 13.5. The van der Waals surface area contributed by atoms with Gasteiger partial charge in [-0.1, -0.05) is 0 Å². The molecule has 4 aromatic rings. The van der Waals surface area contributed by atoms with Gasteiger partial charge in [-0.05, 0) is 43.0 Å². The van der Waals surface area contributed by atoms with Crippen molar-refractivity contribution in [3.05, 3.63) is 73.4 Å². The van der Waals surface area contributed by atoms with E-state index in [1.54, 1.807) is 18.2 Å². The number of fused-ring (bicyclic) bond motifs is 2. The summed E-state index contributed by atoms with van der Waals surface area (Å²) in [6.07, 6.45) is -0.681. The summed E-state index contributed by atoms with van der Waals surface area (Å²) in [6, 6.07) is 7.60. The average Bonchev–Trinajstić information content (AvgIpc) is 2.79. The van der Waals surface area contributed by atoms with Gasteiger partial charge >= 0.3 is 11.6 Å². The molecule has 10 heteroatoms. The van der Waals surface area contributed by atoms with E-state index in [1.165, 1.54) is 31.7 Å². The van der Waals surface area contributed by atoms with Crippen molar-refractivity contribution >= 4 is 33.6 Å². The van der Waals surface area contributed by atoms with Crippen LogP contribution >= 0.6 is 0 Å². The second-order valence-electron chi connectivity index (χ2n) is 8.53. The summed E-state index contributed by atoms with van der Waals surface area (Å²) in [4.78, 5) is 50.1. The zero-order chi connectivity index (χ0) is 26.5. The fourth-order valence-corrected chi connectivity index (χ4v) is 4.62. The minimum absolute atomic E-state index is 0.0153. The van der Waals surface area contributed by atoms with Gasteiger partial charge in [0.2, 0.25) is 0 Å². The summed E-state index contributed by atoms with van der Waals surface area (Å²) < 4.78 is 11.9. The number of aliphatic carboxylic acids is 1. The van der Waals surface area contributed by atoms with Crippen LogP contribution < -0.4 is 15.9 Å². The second-order valence-corrected chi connectivity index (χ2v) is 8.53. The number of nitrogens with zero attached hydrogens (tertiary/aromatic N) is 1. The van der Waals surface area contributed by atoms with Crippen molar-refractivity contribution in [2.24, 2.45) is 7.05 Å². The third-order valence-corrected chi connectivity index (χ3v) is 6.28. The van der Waals surface area contributed by atoms with E-state index in [4.69, 9.17) is 9.15 Å². The van der Waals surface area contributed by atoms with E-state index in [-0.39, 0.29) is 27.7 Å². The van der Waals surface area contributed by atoms with Gasteiger partial charge in [0.1, 0.15) is 28.4 Å². The lowest BCUT2D eigenvalue weighted by atomic mass is 9.84. The van der Waals surface area contributed by atoms with E-state index < -0.39 is 52.3 Å². The SMILES string of the molecule is COc1ccc2cc(C(CC(=O)O)c3c(O)c(C(C)=O)c(O)c4c(C)cc(=O)oc34)c(=O)n(C)c2c1. The van der Waals surface area contributed by atoms with Crippen LogP contribution in [0.15, 0.2) is 44.3 Å². The number of carboxylic acids is 1. The summed E-state index contributed by atoms with van der Waals surface area (Å²) >= 11 is 0. The average molecular weight is 493 g/mol. The standard InChI is InChI=1S/C26H23NO9/c1-11-7-19(31)36-25-20(11)23(32)21(12(2)28)24(33)22(25)15(10-18(29)30)16-8-13-5-6-14(35-4)9-17(13)27(3)26(16)34/h5-9,15,32-33H,10H2,1-4H3,(H,29,30). The molecule has 4 rings (SSSR count). The molecule has 0 saturated heterocycles. The first kappa shape index (κ1) is 24.5. The summed E-state index contributed by atoms with van der Waals surface area (Å²) in [5.74, 6) is -4.20. The second kappa shape index (κ2) is 8.88. The van der Waals surface area contributed by atoms with Crippen molar-refractivity contribution in [2.75, 3.05) is 7.11 Å². The highest BCUT2D eigenvalue weighted by Gasteiger charge is 2.33. The molecule has 0 fully saturated rings. The van der Waals surface area contributed by atoms with Crippen molar-refractivity contribution in [1.82, 2.24) is 4.57 Å². The number of aryl methyl sites for hydroxylation is 2. The zero-order valence-corrected chi connectivity index (χ0v) is 19.9. The maximum Gasteiger partial charge on any atom is 0.336 e. The first-order valence-electron chi connectivity index (χ1n) is 10.9. The van der Waals surface area contributed by atoms with Crippen LogP contribution in [0.25, 0.3) is 21.9 Å².